The molecule has 0 unspecified atom stereocenters. The summed E-state index contributed by atoms with van der Waals surface area (Å²) in [6.07, 6.45) is 0. The van der Waals surface area contributed by atoms with Crippen LogP contribution in [0.2, 0.25) is 0 Å². The summed E-state index contributed by atoms with van der Waals surface area (Å²) in [5.74, 6) is 0.0327. The molecule has 25 heavy (non-hydrogen) atoms. The predicted octanol–water partition coefficient (Wildman–Crippen LogP) is 4.67. The van der Waals surface area contributed by atoms with Gasteiger partial charge in [-0.3, -0.25) is 4.79 Å². The van der Waals surface area contributed by atoms with Crippen LogP contribution in [-0.4, -0.2) is 16.6 Å². The van der Waals surface area contributed by atoms with Gasteiger partial charge in [0, 0.05) is 17.5 Å². The summed E-state index contributed by atoms with van der Waals surface area (Å²) in [5.41, 5.74) is 3.95. The van der Waals surface area contributed by atoms with E-state index in [1.807, 2.05) is 36.6 Å². The van der Waals surface area contributed by atoms with E-state index in [0.717, 1.165) is 21.2 Å². The van der Waals surface area contributed by atoms with Gasteiger partial charge in [0.25, 0.3) is 0 Å². The maximum absolute atomic E-state index is 13.0. The molecule has 2 aromatic carbocycles. The van der Waals surface area contributed by atoms with Crippen molar-refractivity contribution in [3.8, 4) is 11.3 Å². The fourth-order valence-corrected chi connectivity index (χ4v) is 3.83. The summed E-state index contributed by atoms with van der Waals surface area (Å²) < 4.78 is 13.8. The number of thioether (sulfide) groups is 1. The summed E-state index contributed by atoms with van der Waals surface area (Å²) in [7, 11) is 0. The lowest BCUT2D eigenvalue weighted by atomic mass is 10.1. The molecule has 128 valence electrons. The van der Waals surface area contributed by atoms with Crippen molar-refractivity contribution in [3.05, 3.63) is 70.9 Å². The minimum atomic E-state index is -0.265. The molecule has 0 bridgehead atoms. The molecule has 3 aromatic rings. The Bertz CT molecular complexity index is 845. The fourth-order valence-electron chi connectivity index (χ4n) is 2.16. The zero-order chi connectivity index (χ0) is 17.6. The van der Waals surface area contributed by atoms with Gasteiger partial charge in [-0.15, -0.1) is 11.3 Å². The number of carbonyl (C=O) groups is 1. The van der Waals surface area contributed by atoms with Crippen LogP contribution in [0, 0.1) is 12.7 Å². The van der Waals surface area contributed by atoms with E-state index in [9.17, 15) is 9.18 Å². The Kier molecular flexibility index (Phi) is 5.83. The van der Waals surface area contributed by atoms with Gasteiger partial charge in [0.05, 0.1) is 11.4 Å². The second kappa shape index (κ2) is 8.27. The van der Waals surface area contributed by atoms with Crippen LogP contribution in [0.5, 0.6) is 0 Å². The van der Waals surface area contributed by atoms with Crippen LogP contribution in [0.4, 0.5) is 4.39 Å². The van der Waals surface area contributed by atoms with Gasteiger partial charge in [0.1, 0.15) is 5.82 Å². The van der Waals surface area contributed by atoms with Crippen LogP contribution >= 0.6 is 23.1 Å². The quantitative estimate of drug-likeness (QED) is 0.640. The molecule has 0 atom stereocenters. The molecular formula is C19H17FN2OS2. The van der Waals surface area contributed by atoms with Crippen LogP contribution in [0.3, 0.4) is 0 Å². The van der Waals surface area contributed by atoms with E-state index < -0.39 is 0 Å². The highest BCUT2D eigenvalue weighted by atomic mass is 32.2. The summed E-state index contributed by atoms with van der Waals surface area (Å²) in [4.78, 5) is 16.5. The monoisotopic (exact) mass is 372 g/mol. The molecule has 0 aliphatic carbocycles. The van der Waals surface area contributed by atoms with Gasteiger partial charge in [0.15, 0.2) is 4.34 Å². The van der Waals surface area contributed by atoms with Gasteiger partial charge in [-0.05, 0) is 36.8 Å². The second-order valence-corrected chi connectivity index (χ2v) is 7.64. The number of hydrogen-bond acceptors (Lipinski definition) is 4. The standard InChI is InChI=1S/C19H17FN2OS2/c1-13-2-4-14(5-3-13)10-21-18(23)12-25-19-22-17(11-24-19)15-6-8-16(20)9-7-15/h2-9,11H,10,12H2,1H3,(H,21,23). The number of carbonyl (C=O) groups excluding carboxylic acids is 1. The van der Waals surface area contributed by atoms with Crippen molar-refractivity contribution in [2.45, 2.75) is 17.8 Å². The molecule has 0 aliphatic heterocycles. The molecule has 6 heteroatoms. The Hall–Kier alpha value is -2.18. The molecule has 0 saturated heterocycles. The van der Waals surface area contributed by atoms with Crippen LogP contribution in [-0.2, 0) is 11.3 Å². The lowest BCUT2D eigenvalue weighted by Gasteiger charge is -2.05. The van der Waals surface area contributed by atoms with Crippen LogP contribution in [0.15, 0.2) is 58.3 Å². The van der Waals surface area contributed by atoms with Crippen molar-refractivity contribution in [2.24, 2.45) is 0 Å². The predicted molar refractivity (Wildman–Crippen MR) is 101 cm³/mol. The first-order chi connectivity index (χ1) is 12.1. The second-order valence-electron chi connectivity index (χ2n) is 5.56. The Labute approximate surface area is 154 Å². The number of rotatable bonds is 6. The average molecular weight is 372 g/mol. The molecule has 1 N–H and O–H groups in total. The third kappa shape index (κ3) is 5.14. The molecule has 1 amide bonds. The minimum absolute atomic E-state index is 0.0240. The van der Waals surface area contributed by atoms with Crippen molar-refractivity contribution in [2.75, 3.05) is 5.75 Å². The summed E-state index contributed by atoms with van der Waals surface area (Å²) in [5, 5.41) is 4.83. The molecule has 0 spiro atoms. The van der Waals surface area contributed by atoms with Crippen molar-refractivity contribution in [3.63, 3.8) is 0 Å². The van der Waals surface area contributed by atoms with Crippen LogP contribution in [0.1, 0.15) is 11.1 Å². The summed E-state index contributed by atoms with van der Waals surface area (Å²) in [6, 6.07) is 14.3. The Morgan fingerprint density at radius 1 is 1.16 bits per heavy atom. The van der Waals surface area contributed by atoms with Crippen molar-refractivity contribution in [1.29, 1.82) is 0 Å². The van der Waals surface area contributed by atoms with Gasteiger partial charge >= 0.3 is 0 Å². The third-order valence-electron chi connectivity index (χ3n) is 3.56. The SMILES string of the molecule is Cc1ccc(CNC(=O)CSc2nc(-c3ccc(F)cc3)cs2)cc1. The Morgan fingerprint density at radius 3 is 2.60 bits per heavy atom. The highest BCUT2D eigenvalue weighted by Gasteiger charge is 2.08. The van der Waals surface area contributed by atoms with Gasteiger partial charge in [0.2, 0.25) is 5.91 Å². The van der Waals surface area contributed by atoms with E-state index in [1.54, 1.807) is 12.1 Å². The number of nitrogens with one attached hydrogen (secondary N) is 1. The number of nitrogens with zero attached hydrogens (tertiary/aromatic N) is 1. The van der Waals surface area contributed by atoms with Crippen molar-refractivity contribution in [1.82, 2.24) is 10.3 Å². The lowest BCUT2D eigenvalue weighted by molar-refractivity contribution is -0.118. The zero-order valence-electron chi connectivity index (χ0n) is 13.7. The molecule has 1 heterocycles. The molecular weight excluding hydrogens is 355 g/mol. The number of hydrogen-bond donors (Lipinski definition) is 1. The lowest BCUT2D eigenvalue weighted by Crippen LogP contribution is -2.24. The molecule has 0 saturated carbocycles. The fraction of sp³-hybridized carbons (Fsp3) is 0.158. The normalized spacial score (nSPS) is 10.6. The molecule has 0 fully saturated rings. The highest BCUT2D eigenvalue weighted by Crippen LogP contribution is 2.28. The van der Waals surface area contributed by atoms with Crippen LogP contribution < -0.4 is 5.32 Å². The molecule has 3 rings (SSSR count). The number of halogens is 1. The molecule has 0 aliphatic rings. The van der Waals surface area contributed by atoms with Gasteiger partial charge in [-0.1, -0.05) is 41.6 Å². The smallest absolute Gasteiger partial charge is 0.230 e. The number of aromatic nitrogens is 1. The largest absolute Gasteiger partial charge is 0.351 e. The Morgan fingerprint density at radius 2 is 1.88 bits per heavy atom. The van der Waals surface area contributed by atoms with E-state index in [0.29, 0.717) is 12.3 Å². The van der Waals surface area contributed by atoms with E-state index in [4.69, 9.17) is 0 Å². The van der Waals surface area contributed by atoms with Gasteiger partial charge in [-0.25, -0.2) is 9.37 Å². The van der Waals surface area contributed by atoms with E-state index in [2.05, 4.69) is 10.3 Å². The van der Waals surface area contributed by atoms with Crippen molar-refractivity contribution < 1.29 is 9.18 Å². The molecule has 0 radical (unpaired) electrons. The molecule has 1 aromatic heterocycles. The van der Waals surface area contributed by atoms with Gasteiger partial charge in [-0.2, -0.15) is 0 Å². The highest BCUT2D eigenvalue weighted by molar-refractivity contribution is 8.01. The molecule has 3 nitrogen and oxygen atoms in total. The van der Waals surface area contributed by atoms with Crippen LogP contribution in [0.25, 0.3) is 11.3 Å². The average Bonchev–Trinajstić information content (AvgIpc) is 3.09. The zero-order valence-corrected chi connectivity index (χ0v) is 15.3. The van der Waals surface area contributed by atoms with Crippen molar-refractivity contribution >= 4 is 29.0 Å². The summed E-state index contributed by atoms with van der Waals surface area (Å²) in [6.45, 7) is 2.56. The first-order valence-corrected chi connectivity index (χ1v) is 9.63. The summed E-state index contributed by atoms with van der Waals surface area (Å²) >= 11 is 2.89. The number of benzene rings is 2. The number of thiazole rings is 1. The number of amides is 1. The maximum Gasteiger partial charge on any atom is 0.230 e. The Balaban J connectivity index is 1.49. The van der Waals surface area contributed by atoms with Gasteiger partial charge < -0.3 is 5.32 Å². The maximum atomic E-state index is 13.0. The first-order valence-electron chi connectivity index (χ1n) is 7.77. The minimum Gasteiger partial charge on any atom is -0.351 e. The van der Waals surface area contributed by atoms with E-state index >= 15 is 0 Å². The topological polar surface area (TPSA) is 42.0 Å². The van der Waals surface area contributed by atoms with E-state index in [1.165, 1.54) is 40.8 Å². The van der Waals surface area contributed by atoms with E-state index in [-0.39, 0.29) is 11.7 Å². The first kappa shape index (κ1) is 17.6. The number of aryl methyl sites for hydroxylation is 1. The third-order valence-corrected chi connectivity index (χ3v) is 5.58.